The summed E-state index contributed by atoms with van der Waals surface area (Å²) in [6, 6.07) is 6.44. The second kappa shape index (κ2) is 7.10. The van der Waals surface area contributed by atoms with E-state index in [1.54, 1.807) is 12.1 Å². The number of carboxylic acid groups (broad SMARTS) is 1. The molecule has 0 spiro atoms. The largest absolute Gasteiger partial charge is 0.479 e. The molecule has 0 saturated carbocycles. The molecule has 1 amide bonds. The van der Waals surface area contributed by atoms with E-state index in [9.17, 15) is 18.0 Å². The number of amides is 1. The lowest BCUT2D eigenvalue weighted by atomic mass is 10.2. The molecule has 8 heteroatoms. The number of carbonyl (C=O) groups is 2. The zero-order valence-electron chi connectivity index (χ0n) is 12.8. The summed E-state index contributed by atoms with van der Waals surface area (Å²) in [7, 11) is -3.54. The molecule has 0 aliphatic carbocycles. The van der Waals surface area contributed by atoms with Crippen LogP contribution in [0, 0.1) is 6.92 Å². The second-order valence-corrected chi connectivity index (χ2v) is 7.53. The van der Waals surface area contributed by atoms with Crippen LogP contribution in [0.4, 0.5) is 0 Å². The molecule has 0 bridgehead atoms. The molecule has 0 unspecified atom stereocenters. The van der Waals surface area contributed by atoms with Crippen molar-refractivity contribution in [2.75, 3.05) is 25.4 Å². The molecule has 1 aromatic carbocycles. The number of sulfone groups is 1. The Balaban J connectivity index is 1.95. The minimum Gasteiger partial charge on any atom is -0.479 e. The van der Waals surface area contributed by atoms with Crippen molar-refractivity contribution in [2.45, 2.75) is 24.3 Å². The maximum atomic E-state index is 12.2. The fourth-order valence-corrected chi connectivity index (χ4v) is 3.50. The van der Waals surface area contributed by atoms with Crippen LogP contribution in [0.2, 0.25) is 0 Å². The van der Waals surface area contributed by atoms with Crippen LogP contribution >= 0.6 is 0 Å². The normalized spacial score (nSPS) is 18.7. The van der Waals surface area contributed by atoms with Gasteiger partial charge in [-0.3, -0.25) is 4.79 Å². The first-order chi connectivity index (χ1) is 10.8. The lowest BCUT2D eigenvalue weighted by Gasteiger charge is -2.30. The summed E-state index contributed by atoms with van der Waals surface area (Å²) in [5.74, 6) is -1.81. The third-order valence-electron chi connectivity index (χ3n) is 3.66. The molecule has 1 aliphatic rings. The van der Waals surface area contributed by atoms with Crippen molar-refractivity contribution in [2.24, 2.45) is 0 Å². The summed E-state index contributed by atoms with van der Waals surface area (Å²) in [6.45, 7) is 2.20. The van der Waals surface area contributed by atoms with E-state index in [2.05, 4.69) is 0 Å². The van der Waals surface area contributed by atoms with E-state index < -0.39 is 21.9 Å². The van der Waals surface area contributed by atoms with Gasteiger partial charge in [-0.15, -0.1) is 0 Å². The lowest BCUT2D eigenvalue weighted by Crippen LogP contribution is -2.48. The van der Waals surface area contributed by atoms with Crippen LogP contribution < -0.4 is 0 Å². The summed E-state index contributed by atoms with van der Waals surface area (Å²) in [6.07, 6.45) is -1.23. The number of hydrogen-bond donors (Lipinski definition) is 1. The molecular formula is C15H19NO6S. The summed E-state index contributed by atoms with van der Waals surface area (Å²) in [5.41, 5.74) is 0.952. The molecule has 1 aliphatic heterocycles. The number of ether oxygens (including phenoxy) is 1. The average Bonchev–Trinajstić information content (AvgIpc) is 2.53. The highest BCUT2D eigenvalue weighted by atomic mass is 32.2. The molecule has 0 radical (unpaired) electrons. The zero-order chi connectivity index (χ0) is 17.0. The fraction of sp³-hybridized carbons (Fsp3) is 0.467. The van der Waals surface area contributed by atoms with E-state index in [0.29, 0.717) is 0 Å². The van der Waals surface area contributed by atoms with Gasteiger partial charge in [0.2, 0.25) is 5.91 Å². The molecular weight excluding hydrogens is 322 g/mol. The number of benzene rings is 1. The predicted molar refractivity (Wildman–Crippen MR) is 81.8 cm³/mol. The van der Waals surface area contributed by atoms with Crippen molar-refractivity contribution in [3.63, 3.8) is 0 Å². The molecule has 126 valence electrons. The monoisotopic (exact) mass is 341 g/mol. The van der Waals surface area contributed by atoms with Gasteiger partial charge in [-0.05, 0) is 19.1 Å². The Morgan fingerprint density at radius 1 is 1.30 bits per heavy atom. The standard InChI is InChI=1S/C15H19NO6S/c1-11-2-4-12(5-3-11)23(20,21)9-6-14(17)16-7-8-22-13(10-16)15(18)19/h2-5,13H,6-10H2,1H3,(H,18,19)/t13-/m1/s1. The van der Waals surface area contributed by atoms with Gasteiger partial charge < -0.3 is 14.7 Å². The number of aliphatic carboxylic acids is 1. The van der Waals surface area contributed by atoms with Crippen LogP contribution in [0.5, 0.6) is 0 Å². The minimum absolute atomic E-state index is 0.0568. The fourth-order valence-electron chi connectivity index (χ4n) is 2.27. The van der Waals surface area contributed by atoms with E-state index in [0.717, 1.165) is 5.56 Å². The Morgan fingerprint density at radius 2 is 1.96 bits per heavy atom. The Bertz CT molecular complexity index is 682. The molecule has 1 heterocycles. The molecule has 7 nitrogen and oxygen atoms in total. The van der Waals surface area contributed by atoms with Gasteiger partial charge in [0.05, 0.1) is 23.8 Å². The first kappa shape index (κ1) is 17.4. The van der Waals surface area contributed by atoms with Crippen molar-refractivity contribution >= 4 is 21.7 Å². The average molecular weight is 341 g/mol. The van der Waals surface area contributed by atoms with E-state index in [1.807, 2.05) is 6.92 Å². The first-order valence-corrected chi connectivity index (χ1v) is 8.86. The number of morpholine rings is 1. The van der Waals surface area contributed by atoms with Crippen LogP contribution in [-0.4, -0.2) is 61.9 Å². The minimum atomic E-state index is -3.54. The first-order valence-electron chi connectivity index (χ1n) is 7.21. The smallest absolute Gasteiger partial charge is 0.334 e. The number of carboxylic acids is 1. The number of nitrogens with zero attached hydrogens (tertiary/aromatic N) is 1. The van der Waals surface area contributed by atoms with Crippen molar-refractivity contribution in [1.82, 2.24) is 4.90 Å². The van der Waals surface area contributed by atoms with E-state index in [4.69, 9.17) is 9.84 Å². The summed E-state index contributed by atoms with van der Waals surface area (Å²) >= 11 is 0. The Morgan fingerprint density at radius 3 is 2.57 bits per heavy atom. The van der Waals surface area contributed by atoms with Crippen molar-refractivity contribution in [3.8, 4) is 0 Å². The van der Waals surface area contributed by atoms with Gasteiger partial charge in [0.15, 0.2) is 15.9 Å². The number of aryl methyl sites for hydroxylation is 1. The van der Waals surface area contributed by atoms with Crippen LogP contribution in [-0.2, 0) is 24.2 Å². The predicted octanol–water partition coefficient (Wildman–Crippen LogP) is 0.471. The van der Waals surface area contributed by atoms with Crippen LogP contribution in [0.1, 0.15) is 12.0 Å². The molecule has 23 heavy (non-hydrogen) atoms. The van der Waals surface area contributed by atoms with E-state index in [1.165, 1.54) is 17.0 Å². The highest BCUT2D eigenvalue weighted by Gasteiger charge is 2.29. The Kier molecular flexibility index (Phi) is 5.38. The van der Waals surface area contributed by atoms with Gasteiger partial charge in [-0.1, -0.05) is 17.7 Å². The van der Waals surface area contributed by atoms with E-state index >= 15 is 0 Å². The summed E-state index contributed by atoms with van der Waals surface area (Å²) in [4.78, 5) is 24.5. The molecule has 1 N–H and O–H groups in total. The van der Waals surface area contributed by atoms with E-state index in [-0.39, 0.29) is 42.7 Å². The molecule has 1 atom stereocenters. The van der Waals surface area contributed by atoms with Crippen molar-refractivity contribution < 1.29 is 27.9 Å². The van der Waals surface area contributed by atoms with Crippen LogP contribution in [0.25, 0.3) is 0 Å². The van der Waals surface area contributed by atoms with Crippen LogP contribution in [0.15, 0.2) is 29.2 Å². The number of rotatable bonds is 5. The third kappa shape index (κ3) is 4.52. The maximum absolute atomic E-state index is 12.2. The number of carbonyl (C=O) groups excluding carboxylic acids is 1. The van der Waals surface area contributed by atoms with Gasteiger partial charge >= 0.3 is 5.97 Å². The highest BCUT2D eigenvalue weighted by Crippen LogP contribution is 2.14. The quantitative estimate of drug-likeness (QED) is 0.835. The van der Waals surface area contributed by atoms with Gasteiger partial charge in [-0.2, -0.15) is 0 Å². The topological polar surface area (TPSA) is 101 Å². The van der Waals surface area contributed by atoms with Crippen molar-refractivity contribution in [1.29, 1.82) is 0 Å². The molecule has 0 aromatic heterocycles. The molecule has 1 aromatic rings. The molecule has 1 saturated heterocycles. The number of hydrogen-bond acceptors (Lipinski definition) is 5. The summed E-state index contributed by atoms with van der Waals surface area (Å²) in [5, 5.41) is 8.91. The second-order valence-electron chi connectivity index (χ2n) is 5.42. The lowest BCUT2D eigenvalue weighted by molar-refractivity contribution is -0.159. The van der Waals surface area contributed by atoms with Gasteiger partial charge in [0.1, 0.15) is 0 Å². The van der Waals surface area contributed by atoms with Crippen molar-refractivity contribution in [3.05, 3.63) is 29.8 Å². The SMILES string of the molecule is Cc1ccc(S(=O)(=O)CCC(=O)N2CCO[C@@H](C(=O)O)C2)cc1. The maximum Gasteiger partial charge on any atom is 0.334 e. The Hall–Kier alpha value is -1.93. The molecule has 1 fully saturated rings. The highest BCUT2D eigenvalue weighted by molar-refractivity contribution is 7.91. The van der Waals surface area contributed by atoms with Gasteiger partial charge in [0.25, 0.3) is 0 Å². The third-order valence-corrected chi connectivity index (χ3v) is 5.39. The molecule has 2 rings (SSSR count). The van der Waals surface area contributed by atoms with Crippen LogP contribution in [0.3, 0.4) is 0 Å². The zero-order valence-corrected chi connectivity index (χ0v) is 13.6. The summed E-state index contributed by atoms with van der Waals surface area (Å²) < 4.78 is 29.5. The Labute approximate surface area is 134 Å². The van der Waals surface area contributed by atoms with Gasteiger partial charge in [0, 0.05) is 13.0 Å². The van der Waals surface area contributed by atoms with Gasteiger partial charge in [-0.25, -0.2) is 13.2 Å².